The van der Waals surface area contributed by atoms with Crippen LogP contribution in [0.2, 0.25) is 0 Å². The van der Waals surface area contributed by atoms with Gasteiger partial charge >= 0.3 is 12.3 Å². The summed E-state index contributed by atoms with van der Waals surface area (Å²) in [6.07, 6.45) is -3.72. The number of ether oxygens (including phenoxy) is 1. The fourth-order valence-corrected chi connectivity index (χ4v) is 4.84. The zero-order chi connectivity index (χ0) is 25.9. The fourth-order valence-electron chi connectivity index (χ4n) is 4.84. The summed E-state index contributed by atoms with van der Waals surface area (Å²) in [7, 11) is 0. The number of ketones is 1. The van der Waals surface area contributed by atoms with E-state index in [0.717, 1.165) is 12.1 Å². The number of benzene rings is 2. The van der Waals surface area contributed by atoms with E-state index in [0.29, 0.717) is 36.5 Å². The topological polar surface area (TPSA) is 94.3 Å². The molecule has 8 nitrogen and oxygen atoms in total. The van der Waals surface area contributed by atoms with Gasteiger partial charge in [0.15, 0.2) is 17.4 Å². The number of piperazine rings is 1. The number of carbonyl (C=O) groups is 2. The number of rotatable bonds is 4. The van der Waals surface area contributed by atoms with Crippen molar-refractivity contribution in [3.63, 3.8) is 0 Å². The SMILES string of the molecule is O=C(c1c[nH]c(-c2nc3c(F)cc(N4CCN5C(=O)OC[C@@H]5C4)cc3[nH]2)c1)c1ccccc1C(F)(F)F. The third-order valence-electron chi connectivity index (χ3n) is 6.68. The van der Waals surface area contributed by atoms with Crippen molar-refractivity contribution in [1.82, 2.24) is 19.9 Å². The highest BCUT2D eigenvalue weighted by Gasteiger charge is 2.38. The molecule has 2 fully saturated rings. The Hall–Kier alpha value is -4.35. The molecule has 0 bridgehead atoms. The molecule has 2 aromatic carbocycles. The number of nitrogens with zero attached hydrogens (tertiary/aromatic N) is 3. The number of H-pyrrole nitrogens is 2. The monoisotopic (exact) mass is 513 g/mol. The second-order valence-corrected chi connectivity index (χ2v) is 8.95. The minimum Gasteiger partial charge on any atom is -0.447 e. The molecule has 12 heteroatoms. The Kier molecular flexibility index (Phi) is 5.21. The van der Waals surface area contributed by atoms with Crippen molar-refractivity contribution < 1.29 is 31.9 Å². The van der Waals surface area contributed by atoms with Gasteiger partial charge in [-0.2, -0.15) is 13.2 Å². The molecule has 2 aromatic heterocycles. The van der Waals surface area contributed by atoms with Crippen LogP contribution in [0.4, 0.5) is 28.0 Å². The summed E-state index contributed by atoms with van der Waals surface area (Å²) in [5.41, 5.74) is -0.0338. The van der Waals surface area contributed by atoms with Crippen LogP contribution in [0.1, 0.15) is 21.5 Å². The second kappa shape index (κ2) is 8.36. The number of hydrogen-bond acceptors (Lipinski definition) is 5. The van der Waals surface area contributed by atoms with Crippen LogP contribution in [-0.4, -0.2) is 64.0 Å². The lowest BCUT2D eigenvalue weighted by Gasteiger charge is -2.36. The molecule has 0 saturated carbocycles. The Morgan fingerprint density at radius 2 is 1.95 bits per heavy atom. The minimum absolute atomic E-state index is 0.0134. The van der Waals surface area contributed by atoms with Crippen LogP contribution in [0.25, 0.3) is 22.6 Å². The molecule has 4 heterocycles. The maximum Gasteiger partial charge on any atom is 0.417 e. The molecule has 2 aliphatic rings. The van der Waals surface area contributed by atoms with Crippen molar-refractivity contribution in [1.29, 1.82) is 0 Å². The molecule has 0 aliphatic carbocycles. The summed E-state index contributed by atoms with van der Waals surface area (Å²) in [5, 5.41) is 0. The fraction of sp³-hybridized carbons (Fsp3) is 0.240. The van der Waals surface area contributed by atoms with Gasteiger partial charge in [-0.25, -0.2) is 14.2 Å². The van der Waals surface area contributed by atoms with Crippen molar-refractivity contribution in [3.8, 4) is 11.5 Å². The molecule has 1 atom stereocenters. The quantitative estimate of drug-likeness (QED) is 0.308. The standard InChI is InChI=1S/C25H19F4N5O3/c26-18-8-14(33-5-6-34-15(11-33)12-37-24(34)36)9-19-21(18)32-23(31-19)20-7-13(10-30-20)22(35)16-3-1-2-4-17(16)25(27,28)29/h1-4,7-10,15,30H,5-6,11-12H2,(H,31,32)/t15-/m0/s1. The zero-order valence-corrected chi connectivity index (χ0v) is 19.1. The third kappa shape index (κ3) is 3.98. The molecule has 190 valence electrons. The number of halogens is 4. The Morgan fingerprint density at radius 1 is 1.14 bits per heavy atom. The van der Waals surface area contributed by atoms with Crippen LogP contribution in [0, 0.1) is 5.82 Å². The number of aromatic nitrogens is 3. The van der Waals surface area contributed by atoms with Crippen LogP contribution in [-0.2, 0) is 10.9 Å². The number of anilines is 1. The maximum absolute atomic E-state index is 15.0. The van der Waals surface area contributed by atoms with Crippen LogP contribution < -0.4 is 4.90 Å². The summed E-state index contributed by atoms with van der Waals surface area (Å²) in [6, 6.07) is 8.97. The van der Waals surface area contributed by atoms with Gasteiger partial charge in [-0.3, -0.25) is 9.69 Å². The molecule has 2 N–H and O–H groups in total. The van der Waals surface area contributed by atoms with Gasteiger partial charge in [0.1, 0.15) is 12.1 Å². The Balaban J connectivity index is 1.28. The lowest BCUT2D eigenvalue weighted by molar-refractivity contribution is -0.137. The molecule has 2 aliphatic heterocycles. The van der Waals surface area contributed by atoms with Crippen molar-refractivity contribution >= 4 is 28.6 Å². The molecule has 4 aromatic rings. The summed E-state index contributed by atoms with van der Waals surface area (Å²) in [5.74, 6) is -1.12. The first-order valence-electron chi connectivity index (χ1n) is 11.5. The third-order valence-corrected chi connectivity index (χ3v) is 6.68. The second-order valence-electron chi connectivity index (χ2n) is 8.95. The normalized spacial score (nSPS) is 17.8. The molecule has 1 amide bonds. The van der Waals surface area contributed by atoms with E-state index >= 15 is 4.39 Å². The van der Waals surface area contributed by atoms with E-state index in [4.69, 9.17) is 4.74 Å². The summed E-state index contributed by atoms with van der Waals surface area (Å²) in [6.45, 7) is 1.77. The highest BCUT2D eigenvalue weighted by Crippen LogP contribution is 2.34. The molecule has 6 rings (SSSR count). The molecular formula is C25H19F4N5O3. The highest BCUT2D eigenvalue weighted by atomic mass is 19.4. The number of nitrogens with one attached hydrogen (secondary N) is 2. The van der Waals surface area contributed by atoms with Crippen LogP contribution >= 0.6 is 0 Å². The van der Waals surface area contributed by atoms with E-state index < -0.39 is 28.9 Å². The number of carbonyl (C=O) groups excluding carboxylic acids is 2. The predicted molar refractivity (Wildman–Crippen MR) is 125 cm³/mol. The number of cyclic esters (lactones) is 1. The van der Waals surface area contributed by atoms with Gasteiger partial charge in [0.25, 0.3) is 0 Å². The van der Waals surface area contributed by atoms with Crippen molar-refractivity contribution in [2.75, 3.05) is 31.1 Å². The summed E-state index contributed by atoms with van der Waals surface area (Å²) in [4.78, 5) is 38.4. The lowest BCUT2D eigenvalue weighted by atomic mass is 9.99. The van der Waals surface area contributed by atoms with Crippen LogP contribution in [0.3, 0.4) is 0 Å². The number of fused-ring (bicyclic) bond motifs is 2. The summed E-state index contributed by atoms with van der Waals surface area (Å²) < 4.78 is 60.2. The number of amides is 1. The van der Waals surface area contributed by atoms with Gasteiger partial charge in [-0.05, 0) is 24.3 Å². The minimum atomic E-state index is -4.67. The number of hydrogen-bond donors (Lipinski definition) is 2. The first-order chi connectivity index (χ1) is 17.7. The van der Waals surface area contributed by atoms with Gasteiger partial charge in [0.2, 0.25) is 0 Å². The number of alkyl halides is 3. The maximum atomic E-state index is 15.0. The molecule has 0 spiro atoms. The van der Waals surface area contributed by atoms with E-state index in [-0.39, 0.29) is 35.6 Å². The van der Waals surface area contributed by atoms with E-state index in [1.807, 2.05) is 4.90 Å². The van der Waals surface area contributed by atoms with E-state index in [9.17, 15) is 22.8 Å². The van der Waals surface area contributed by atoms with E-state index in [2.05, 4.69) is 15.0 Å². The van der Waals surface area contributed by atoms with Crippen molar-refractivity contribution in [3.05, 3.63) is 71.2 Å². The highest BCUT2D eigenvalue weighted by molar-refractivity contribution is 6.10. The predicted octanol–water partition coefficient (Wildman–Crippen LogP) is 4.59. The van der Waals surface area contributed by atoms with Gasteiger partial charge in [0, 0.05) is 42.6 Å². The molecule has 0 unspecified atom stereocenters. The average molecular weight is 513 g/mol. The molecular weight excluding hydrogens is 494 g/mol. The first kappa shape index (κ1) is 23.1. The molecule has 0 radical (unpaired) electrons. The summed E-state index contributed by atoms with van der Waals surface area (Å²) >= 11 is 0. The first-order valence-corrected chi connectivity index (χ1v) is 11.5. The van der Waals surface area contributed by atoms with Crippen molar-refractivity contribution in [2.24, 2.45) is 0 Å². The van der Waals surface area contributed by atoms with Crippen molar-refractivity contribution in [2.45, 2.75) is 12.2 Å². The molecule has 37 heavy (non-hydrogen) atoms. The van der Waals surface area contributed by atoms with E-state index in [1.54, 1.807) is 11.0 Å². The number of aromatic amines is 2. The Morgan fingerprint density at radius 3 is 2.76 bits per heavy atom. The van der Waals surface area contributed by atoms with Crippen LogP contribution in [0.5, 0.6) is 0 Å². The van der Waals surface area contributed by atoms with Gasteiger partial charge in [0.05, 0.1) is 22.8 Å². The Labute approximate surface area is 206 Å². The van der Waals surface area contributed by atoms with Gasteiger partial charge < -0.3 is 19.6 Å². The van der Waals surface area contributed by atoms with Gasteiger partial charge in [-0.1, -0.05) is 18.2 Å². The largest absolute Gasteiger partial charge is 0.447 e. The molecule has 2 saturated heterocycles. The lowest BCUT2D eigenvalue weighted by Crippen LogP contribution is -2.52. The Bertz CT molecular complexity index is 1540. The van der Waals surface area contributed by atoms with E-state index in [1.165, 1.54) is 30.5 Å². The zero-order valence-electron chi connectivity index (χ0n) is 19.1. The van der Waals surface area contributed by atoms with Crippen LogP contribution in [0.15, 0.2) is 48.7 Å². The smallest absolute Gasteiger partial charge is 0.417 e. The number of imidazole rings is 1. The average Bonchev–Trinajstić information content (AvgIpc) is 3.61. The van der Waals surface area contributed by atoms with Gasteiger partial charge in [-0.15, -0.1) is 0 Å².